The van der Waals surface area contributed by atoms with Crippen LogP contribution in [-0.2, 0) is 9.53 Å². The molecule has 2 rings (SSSR count). The van der Waals surface area contributed by atoms with Crippen LogP contribution in [0.2, 0.25) is 0 Å². The molecule has 4 nitrogen and oxygen atoms in total. The summed E-state index contributed by atoms with van der Waals surface area (Å²) >= 11 is 3.48. The van der Waals surface area contributed by atoms with Crippen LogP contribution in [0.15, 0.2) is 22.7 Å². The van der Waals surface area contributed by atoms with E-state index in [2.05, 4.69) is 15.9 Å². The fourth-order valence-electron chi connectivity index (χ4n) is 2.60. The number of ether oxygens (including phenoxy) is 1. The predicted molar refractivity (Wildman–Crippen MR) is 84.1 cm³/mol. The lowest BCUT2D eigenvalue weighted by molar-refractivity contribution is -0.149. The SMILES string of the molecule is CCOC(=O)[C@@H]1CCCN(C(=O)c2cccc(C)c2Br)C1. The molecule has 1 aromatic carbocycles. The average Bonchev–Trinajstić information content (AvgIpc) is 2.50. The molecule has 1 saturated heterocycles. The summed E-state index contributed by atoms with van der Waals surface area (Å²) in [6.45, 7) is 5.27. The van der Waals surface area contributed by atoms with Crippen LogP contribution in [0.4, 0.5) is 0 Å². The third-order valence-electron chi connectivity index (χ3n) is 3.75. The summed E-state index contributed by atoms with van der Waals surface area (Å²) in [7, 11) is 0. The van der Waals surface area contributed by atoms with Crippen LogP contribution in [0.25, 0.3) is 0 Å². The molecule has 0 unspecified atom stereocenters. The second kappa shape index (κ2) is 7.07. The highest BCUT2D eigenvalue weighted by Gasteiger charge is 2.30. The van der Waals surface area contributed by atoms with Gasteiger partial charge in [-0.2, -0.15) is 0 Å². The minimum atomic E-state index is -0.203. The maximum atomic E-state index is 12.6. The molecule has 1 atom stereocenters. The third kappa shape index (κ3) is 3.64. The van der Waals surface area contributed by atoms with Crippen molar-refractivity contribution in [2.24, 2.45) is 5.92 Å². The van der Waals surface area contributed by atoms with Crippen LogP contribution in [0, 0.1) is 12.8 Å². The molecule has 1 fully saturated rings. The van der Waals surface area contributed by atoms with Crippen LogP contribution in [0.1, 0.15) is 35.7 Å². The third-order valence-corrected chi connectivity index (χ3v) is 4.80. The Morgan fingerprint density at radius 2 is 2.19 bits per heavy atom. The Balaban J connectivity index is 2.12. The number of hydrogen-bond acceptors (Lipinski definition) is 3. The van der Waals surface area contributed by atoms with Gasteiger partial charge in [-0.3, -0.25) is 9.59 Å². The zero-order chi connectivity index (χ0) is 15.4. The summed E-state index contributed by atoms with van der Waals surface area (Å²) in [4.78, 5) is 26.3. The lowest BCUT2D eigenvalue weighted by atomic mass is 9.97. The van der Waals surface area contributed by atoms with E-state index in [1.54, 1.807) is 11.8 Å². The first kappa shape index (κ1) is 16.0. The maximum Gasteiger partial charge on any atom is 0.310 e. The van der Waals surface area contributed by atoms with E-state index >= 15 is 0 Å². The van der Waals surface area contributed by atoms with Gasteiger partial charge in [0, 0.05) is 17.6 Å². The van der Waals surface area contributed by atoms with Crippen molar-refractivity contribution in [2.45, 2.75) is 26.7 Å². The molecule has 5 heteroatoms. The molecule has 1 aliphatic heterocycles. The Morgan fingerprint density at radius 1 is 1.43 bits per heavy atom. The van der Waals surface area contributed by atoms with Crippen LogP contribution >= 0.6 is 15.9 Å². The van der Waals surface area contributed by atoms with Crippen LogP contribution in [-0.4, -0.2) is 36.5 Å². The van der Waals surface area contributed by atoms with Crippen molar-refractivity contribution in [3.05, 3.63) is 33.8 Å². The molecule has 0 aliphatic carbocycles. The molecule has 0 aromatic heterocycles. The Bertz CT molecular complexity index is 544. The normalized spacial score (nSPS) is 18.4. The Kier molecular flexibility index (Phi) is 5.39. The first-order valence-corrected chi connectivity index (χ1v) is 8.05. The van der Waals surface area contributed by atoms with Gasteiger partial charge in [0.25, 0.3) is 5.91 Å². The molecule has 1 aliphatic rings. The summed E-state index contributed by atoms with van der Waals surface area (Å²) in [5, 5.41) is 0. The summed E-state index contributed by atoms with van der Waals surface area (Å²) in [5.74, 6) is -0.427. The molecule has 0 spiro atoms. The van der Waals surface area contributed by atoms with Crippen molar-refractivity contribution in [1.82, 2.24) is 4.90 Å². The molecule has 1 heterocycles. The Morgan fingerprint density at radius 3 is 2.90 bits per heavy atom. The van der Waals surface area contributed by atoms with Gasteiger partial charge < -0.3 is 9.64 Å². The number of likely N-dealkylation sites (tertiary alicyclic amines) is 1. The highest BCUT2D eigenvalue weighted by Crippen LogP contribution is 2.25. The van der Waals surface area contributed by atoms with Gasteiger partial charge in [-0.1, -0.05) is 12.1 Å². The quantitative estimate of drug-likeness (QED) is 0.784. The van der Waals surface area contributed by atoms with E-state index in [1.165, 1.54) is 0 Å². The number of nitrogens with zero attached hydrogens (tertiary/aromatic N) is 1. The van der Waals surface area contributed by atoms with Gasteiger partial charge in [0.1, 0.15) is 0 Å². The molecule has 0 saturated carbocycles. The van der Waals surface area contributed by atoms with Crippen molar-refractivity contribution in [1.29, 1.82) is 0 Å². The first-order chi connectivity index (χ1) is 10.0. The smallest absolute Gasteiger partial charge is 0.310 e. The van der Waals surface area contributed by atoms with Crippen LogP contribution in [0.3, 0.4) is 0 Å². The highest BCUT2D eigenvalue weighted by molar-refractivity contribution is 9.10. The summed E-state index contributed by atoms with van der Waals surface area (Å²) in [6.07, 6.45) is 1.62. The van der Waals surface area contributed by atoms with E-state index in [-0.39, 0.29) is 17.8 Å². The van der Waals surface area contributed by atoms with E-state index < -0.39 is 0 Å². The van der Waals surface area contributed by atoms with Crippen LogP contribution < -0.4 is 0 Å². The zero-order valence-corrected chi connectivity index (χ0v) is 14.0. The monoisotopic (exact) mass is 353 g/mol. The summed E-state index contributed by atoms with van der Waals surface area (Å²) in [6, 6.07) is 5.64. The van der Waals surface area contributed by atoms with Gasteiger partial charge in [0.05, 0.1) is 18.1 Å². The number of benzene rings is 1. The number of rotatable bonds is 3. The first-order valence-electron chi connectivity index (χ1n) is 7.25. The molecule has 0 N–H and O–H groups in total. The molecular formula is C16H20BrNO3. The highest BCUT2D eigenvalue weighted by atomic mass is 79.9. The Hall–Kier alpha value is -1.36. The lowest BCUT2D eigenvalue weighted by Gasteiger charge is -2.32. The number of halogens is 1. The number of esters is 1. The predicted octanol–water partition coefficient (Wildman–Crippen LogP) is 3.17. The topological polar surface area (TPSA) is 46.6 Å². The number of carbonyl (C=O) groups excluding carboxylic acids is 2. The summed E-state index contributed by atoms with van der Waals surface area (Å²) < 4.78 is 5.90. The van der Waals surface area contributed by atoms with E-state index in [1.807, 2.05) is 25.1 Å². The van der Waals surface area contributed by atoms with E-state index in [4.69, 9.17) is 4.74 Å². The van der Waals surface area contributed by atoms with Gasteiger partial charge in [-0.05, 0) is 54.2 Å². The second-order valence-electron chi connectivity index (χ2n) is 5.28. The minimum absolute atomic E-state index is 0.0282. The van der Waals surface area contributed by atoms with Crippen LogP contribution in [0.5, 0.6) is 0 Å². The molecule has 1 amide bonds. The van der Waals surface area contributed by atoms with Gasteiger partial charge in [0.2, 0.25) is 0 Å². The maximum absolute atomic E-state index is 12.6. The fourth-order valence-corrected chi connectivity index (χ4v) is 3.03. The zero-order valence-electron chi connectivity index (χ0n) is 12.4. The largest absolute Gasteiger partial charge is 0.466 e. The van der Waals surface area contributed by atoms with E-state index in [9.17, 15) is 9.59 Å². The summed E-state index contributed by atoms with van der Waals surface area (Å²) in [5.41, 5.74) is 1.68. The van der Waals surface area contributed by atoms with Crippen molar-refractivity contribution >= 4 is 27.8 Å². The number of amides is 1. The van der Waals surface area contributed by atoms with Crippen molar-refractivity contribution < 1.29 is 14.3 Å². The van der Waals surface area contributed by atoms with Gasteiger partial charge in [-0.15, -0.1) is 0 Å². The standard InChI is InChI=1S/C16H20BrNO3/c1-3-21-16(20)12-7-5-9-18(10-12)15(19)13-8-4-6-11(2)14(13)17/h4,6,8,12H,3,5,7,9-10H2,1-2H3/t12-/m1/s1. The average molecular weight is 354 g/mol. The molecule has 0 bridgehead atoms. The molecule has 114 valence electrons. The number of hydrogen-bond donors (Lipinski definition) is 0. The number of carbonyl (C=O) groups is 2. The molecule has 0 radical (unpaired) electrons. The van der Waals surface area contributed by atoms with Crippen molar-refractivity contribution in [3.8, 4) is 0 Å². The van der Waals surface area contributed by atoms with Gasteiger partial charge in [0.15, 0.2) is 0 Å². The van der Waals surface area contributed by atoms with Gasteiger partial charge in [-0.25, -0.2) is 0 Å². The van der Waals surface area contributed by atoms with Gasteiger partial charge >= 0.3 is 5.97 Å². The number of aryl methyl sites for hydroxylation is 1. The molecule has 1 aromatic rings. The Labute approximate surface area is 133 Å². The van der Waals surface area contributed by atoms with E-state index in [0.717, 1.165) is 22.9 Å². The van der Waals surface area contributed by atoms with E-state index in [0.29, 0.717) is 25.3 Å². The number of piperidine rings is 1. The second-order valence-corrected chi connectivity index (χ2v) is 6.07. The van der Waals surface area contributed by atoms with Crippen molar-refractivity contribution in [3.63, 3.8) is 0 Å². The molecule has 21 heavy (non-hydrogen) atoms. The van der Waals surface area contributed by atoms with Crippen molar-refractivity contribution in [2.75, 3.05) is 19.7 Å². The minimum Gasteiger partial charge on any atom is -0.466 e. The molecular weight excluding hydrogens is 334 g/mol. The fraction of sp³-hybridized carbons (Fsp3) is 0.500. The lowest BCUT2D eigenvalue weighted by Crippen LogP contribution is -2.43.